The lowest BCUT2D eigenvalue weighted by atomic mass is 9.96. The van der Waals surface area contributed by atoms with E-state index in [4.69, 9.17) is 4.74 Å². The largest absolute Gasteiger partial charge is 0.497 e. The number of benzene rings is 1. The van der Waals surface area contributed by atoms with Crippen LogP contribution in [0.5, 0.6) is 5.75 Å². The lowest BCUT2D eigenvalue weighted by Gasteiger charge is -2.33. The highest BCUT2D eigenvalue weighted by Crippen LogP contribution is 2.26. The highest BCUT2D eigenvalue weighted by atomic mass is 32.2. The van der Waals surface area contributed by atoms with E-state index in [2.05, 4.69) is 15.2 Å². The number of pyridine rings is 1. The number of aromatic nitrogens is 1. The van der Waals surface area contributed by atoms with Gasteiger partial charge in [-0.15, -0.1) is 0 Å². The molecule has 34 heavy (non-hydrogen) atoms. The van der Waals surface area contributed by atoms with Gasteiger partial charge in [0.25, 0.3) is 0 Å². The van der Waals surface area contributed by atoms with Crippen LogP contribution in [0.4, 0.5) is 5.69 Å². The van der Waals surface area contributed by atoms with E-state index in [0.717, 1.165) is 60.0 Å². The number of nitrogens with zero attached hydrogens (tertiary/aromatic N) is 3. The van der Waals surface area contributed by atoms with Crippen molar-refractivity contribution < 1.29 is 13.7 Å². The van der Waals surface area contributed by atoms with E-state index >= 15 is 0 Å². The average Bonchev–Trinajstić information content (AvgIpc) is 2.85. The zero-order valence-electron chi connectivity index (χ0n) is 20.6. The van der Waals surface area contributed by atoms with Gasteiger partial charge < -0.3 is 15.0 Å². The number of hydrogen-bond acceptors (Lipinski definition) is 6. The van der Waals surface area contributed by atoms with Crippen LogP contribution in [0, 0.1) is 19.8 Å². The predicted molar refractivity (Wildman–Crippen MR) is 141 cm³/mol. The first-order valence-corrected chi connectivity index (χ1v) is 13.9. The number of nitrogens with one attached hydrogen (secondary N) is 1. The summed E-state index contributed by atoms with van der Waals surface area (Å²) in [5.41, 5.74) is 3.14. The summed E-state index contributed by atoms with van der Waals surface area (Å²) in [6, 6.07) is 7.92. The normalized spacial score (nSPS) is 15.4. The summed E-state index contributed by atoms with van der Waals surface area (Å²) in [6.07, 6.45) is 5.82. The van der Waals surface area contributed by atoms with Crippen LogP contribution in [0.15, 0.2) is 41.6 Å². The van der Waals surface area contributed by atoms with Crippen LogP contribution < -0.4 is 15.0 Å². The fourth-order valence-corrected chi connectivity index (χ4v) is 6.35. The Morgan fingerprint density at radius 2 is 1.88 bits per heavy atom. The summed E-state index contributed by atoms with van der Waals surface area (Å²) in [7, 11) is 2.25. The number of amides is 1. The van der Waals surface area contributed by atoms with E-state index in [1.807, 2.05) is 61.9 Å². The van der Waals surface area contributed by atoms with E-state index in [-0.39, 0.29) is 5.91 Å². The highest BCUT2D eigenvalue weighted by molar-refractivity contribution is 8.00. The second-order valence-electron chi connectivity index (χ2n) is 8.68. The highest BCUT2D eigenvalue weighted by Gasteiger charge is 2.20. The van der Waals surface area contributed by atoms with Crippen molar-refractivity contribution in [3.05, 3.63) is 47.8 Å². The number of piperidine rings is 1. The van der Waals surface area contributed by atoms with Crippen LogP contribution in [0.2, 0.25) is 0 Å². The Bertz CT molecular complexity index is 943. The summed E-state index contributed by atoms with van der Waals surface area (Å²) in [5.74, 6) is 2.55. The van der Waals surface area contributed by atoms with Gasteiger partial charge in [0.15, 0.2) is 0 Å². The minimum absolute atomic E-state index is 0.0761. The average molecular weight is 505 g/mol. The molecule has 2 aromatic rings. The zero-order valence-corrected chi connectivity index (χ0v) is 22.2. The molecular formula is C25H36N4O3S2. The monoisotopic (exact) mass is 504 g/mol. The number of methoxy groups -OCH3 is 1. The first-order chi connectivity index (χ1) is 16.4. The molecule has 1 unspecified atom stereocenters. The molecule has 3 rings (SSSR count). The van der Waals surface area contributed by atoms with Gasteiger partial charge in [-0.3, -0.25) is 9.78 Å². The minimum atomic E-state index is -1.24. The Hall–Kier alpha value is -2.10. The Balaban J connectivity index is 1.32. The quantitative estimate of drug-likeness (QED) is 0.473. The van der Waals surface area contributed by atoms with Gasteiger partial charge in [0.1, 0.15) is 16.7 Å². The number of anilines is 1. The van der Waals surface area contributed by atoms with E-state index < -0.39 is 11.0 Å². The van der Waals surface area contributed by atoms with Crippen molar-refractivity contribution in [3.8, 4) is 5.75 Å². The van der Waals surface area contributed by atoms with Crippen molar-refractivity contribution in [2.24, 2.45) is 5.92 Å². The maximum absolute atomic E-state index is 13.0. The van der Waals surface area contributed by atoms with Crippen LogP contribution in [-0.2, 0) is 15.8 Å². The molecule has 1 saturated heterocycles. The molecule has 1 amide bonds. The first kappa shape index (κ1) is 26.5. The summed E-state index contributed by atoms with van der Waals surface area (Å²) in [5, 5.41) is 3.10. The van der Waals surface area contributed by atoms with E-state index in [1.54, 1.807) is 18.9 Å². The van der Waals surface area contributed by atoms with Crippen molar-refractivity contribution in [1.29, 1.82) is 0 Å². The molecule has 7 nitrogen and oxygen atoms in total. The van der Waals surface area contributed by atoms with Gasteiger partial charge >= 0.3 is 0 Å². The fraction of sp³-hybridized carbons (Fsp3) is 0.520. The number of rotatable bonds is 11. The maximum Gasteiger partial charge on any atom is 0.230 e. The number of thioether (sulfide) groups is 1. The number of carbonyl (C=O) groups is 1. The van der Waals surface area contributed by atoms with Crippen LogP contribution in [0.1, 0.15) is 24.0 Å². The maximum atomic E-state index is 13.0. The van der Waals surface area contributed by atoms with Crippen molar-refractivity contribution in [2.45, 2.75) is 31.6 Å². The minimum Gasteiger partial charge on any atom is -0.497 e. The van der Waals surface area contributed by atoms with Crippen molar-refractivity contribution >= 4 is 34.3 Å². The number of ether oxygens (including phenoxy) is 1. The smallest absolute Gasteiger partial charge is 0.230 e. The van der Waals surface area contributed by atoms with E-state index in [0.29, 0.717) is 18.2 Å². The topological polar surface area (TPSA) is 74.8 Å². The molecule has 9 heteroatoms. The molecule has 0 spiro atoms. The van der Waals surface area contributed by atoms with Crippen LogP contribution >= 0.6 is 11.8 Å². The third kappa shape index (κ3) is 7.45. The second-order valence-corrected chi connectivity index (χ2v) is 11.3. The van der Waals surface area contributed by atoms with Gasteiger partial charge in [0, 0.05) is 57.1 Å². The summed E-state index contributed by atoms with van der Waals surface area (Å²) in [4.78, 5) is 19.6. The van der Waals surface area contributed by atoms with Gasteiger partial charge in [-0.2, -0.15) is 11.8 Å². The number of hydrogen-bond donors (Lipinski definition) is 1. The molecule has 0 aliphatic carbocycles. The van der Waals surface area contributed by atoms with Gasteiger partial charge in [-0.05, 0) is 68.0 Å². The Labute approximate surface area is 210 Å². The molecule has 1 aromatic heterocycles. The summed E-state index contributed by atoms with van der Waals surface area (Å²) < 4.78 is 20.1. The summed E-state index contributed by atoms with van der Waals surface area (Å²) in [6.45, 7) is 7.32. The third-order valence-electron chi connectivity index (χ3n) is 6.14. The van der Waals surface area contributed by atoms with Gasteiger partial charge in [-0.25, -0.2) is 8.51 Å². The van der Waals surface area contributed by atoms with Crippen LogP contribution in [-0.4, -0.2) is 71.2 Å². The molecule has 1 aliphatic heterocycles. The molecule has 1 fully saturated rings. The molecule has 0 saturated carbocycles. The van der Waals surface area contributed by atoms with Gasteiger partial charge in [-0.1, -0.05) is 0 Å². The van der Waals surface area contributed by atoms with E-state index in [1.165, 1.54) is 5.69 Å². The predicted octanol–water partition coefficient (Wildman–Crippen LogP) is 3.43. The SMILES string of the molecule is COc1cc(C)c(S(=O)N(C)CCSCC(=O)NCC2CCN(c3ccncc3)CC2)c(C)c1. The van der Waals surface area contributed by atoms with Gasteiger partial charge in [0.05, 0.1) is 17.8 Å². The standard InChI is InChI=1S/C25H36N4O3S2/c1-19-15-23(32-4)16-20(2)25(19)34(31)28(3)13-14-33-18-24(30)27-17-21-7-11-29(12-8-21)22-5-9-26-10-6-22/h5-6,9-10,15-16,21H,7-8,11-14,17-18H2,1-4H3,(H,27,30). The Morgan fingerprint density at radius 3 is 2.50 bits per heavy atom. The van der Waals surface area contributed by atoms with Crippen molar-refractivity contribution in [1.82, 2.24) is 14.6 Å². The molecule has 1 atom stereocenters. The number of carbonyl (C=O) groups excluding carboxylic acids is 1. The van der Waals surface area contributed by atoms with Crippen LogP contribution in [0.3, 0.4) is 0 Å². The molecule has 1 aliphatic rings. The molecule has 1 N–H and O–H groups in total. The van der Waals surface area contributed by atoms with E-state index in [9.17, 15) is 9.00 Å². The summed E-state index contributed by atoms with van der Waals surface area (Å²) >= 11 is 1.58. The first-order valence-electron chi connectivity index (χ1n) is 11.7. The molecule has 0 radical (unpaired) electrons. The molecular weight excluding hydrogens is 468 g/mol. The molecule has 2 heterocycles. The number of aryl methyl sites for hydroxylation is 2. The van der Waals surface area contributed by atoms with Crippen LogP contribution in [0.25, 0.3) is 0 Å². The van der Waals surface area contributed by atoms with Crippen molar-refractivity contribution in [3.63, 3.8) is 0 Å². The molecule has 0 bridgehead atoms. The fourth-order valence-electron chi connectivity index (χ4n) is 4.16. The second kappa shape index (κ2) is 13.1. The zero-order chi connectivity index (χ0) is 24.5. The lowest BCUT2D eigenvalue weighted by Crippen LogP contribution is -2.39. The Morgan fingerprint density at radius 1 is 1.24 bits per heavy atom. The Kier molecular flexibility index (Phi) is 10.2. The third-order valence-corrected chi connectivity index (χ3v) is 8.82. The molecule has 186 valence electrons. The molecule has 1 aromatic carbocycles. The van der Waals surface area contributed by atoms with Crippen molar-refractivity contribution in [2.75, 3.05) is 56.7 Å². The lowest BCUT2D eigenvalue weighted by molar-refractivity contribution is -0.118. The van der Waals surface area contributed by atoms with Gasteiger partial charge in [0.2, 0.25) is 5.91 Å².